The number of rotatable bonds is 8. The van der Waals surface area contributed by atoms with Gasteiger partial charge in [-0.1, -0.05) is 62.4 Å². The van der Waals surface area contributed by atoms with E-state index in [1.54, 1.807) is 0 Å². The van der Waals surface area contributed by atoms with Gasteiger partial charge in [-0.15, -0.1) is 0 Å². The van der Waals surface area contributed by atoms with Crippen LogP contribution in [0, 0.1) is 0 Å². The number of carbonyl (C=O) groups is 1. The zero-order valence-corrected chi connectivity index (χ0v) is 16.9. The van der Waals surface area contributed by atoms with Gasteiger partial charge >= 0.3 is 0 Å². The molecule has 0 N–H and O–H groups in total. The summed E-state index contributed by atoms with van der Waals surface area (Å²) < 4.78 is 0. The van der Waals surface area contributed by atoms with Crippen molar-refractivity contribution in [2.75, 3.05) is 18.0 Å². The summed E-state index contributed by atoms with van der Waals surface area (Å²) in [6.45, 7) is 9.17. The molecule has 0 aliphatic carbocycles. The van der Waals surface area contributed by atoms with E-state index in [0.29, 0.717) is 18.4 Å². The van der Waals surface area contributed by atoms with Gasteiger partial charge in [0, 0.05) is 43.7 Å². The van der Waals surface area contributed by atoms with Gasteiger partial charge in [0.2, 0.25) is 5.91 Å². The highest BCUT2D eigenvalue weighted by molar-refractivity contribution is 5.79. The lowest BCUT2D eigenvalue weighted by atomic mass is 9.92. The highest BCUT2D eigenvalue weighted by Gasteiger charge is 2.37. The quantitative estimate of drug-likeness (QED) is 0.641. The van der Waals surface area contributed by atoms with Crippen LogP contribution in [0.2, 0.25) is 0 Å². The van der Waals surface area contributed by atoms with Gasteiger partial charge in [-0.05, 0) is 37.0 Å². The summed E-state index contributed by atoms with van der Waals surface area (Å²) in [4.78, 5) is 17.5. The number of fused-ring (bicyclic) bond motifs is 1. The van der Waals surface area contributed by atoms with Crippen LogP contribution in [0.15, 0.2) is 54.6 Å². The van der Waals surface area contributed by atoms with E-state index in [1.807, 2.05) is 0 Å². The van der Waals surface area contributed by atoms with E-state index >= 15 is 0 Å². The number of benzene rings is 2. The first-order chi connectivity index (χ1) is 13.2. The molecule has 27 heavy (non-hydrogen) atoms. The summed E-state index contributed by atoms with van der Waals surface area (Å²) in [5.41, 5.74) is 3.91. The lowest BCUT2D eigenvalue weighted by Crippen LogP contribution is -2.36. The first-order valence-electron chi connectivity index (χ1n) is 10.3. The fraction of sp³-hybridized carbons (Fsp3) is 0.458. The minimum atomic E-state index is 0.258. The Bertz CT molecular complexity index is 737. The van der Waals surface area contributed by atoms with Crippen molar-refractivity contribution in [3.63, 3.8) is 0 Å². The van der Waals surface area contributed by atoms with Crippen molar-refractivity contribution in [1.29, 1.82) is 0 Å². The lowest BCUT2D eigenvalue weighted by molar-refractivity contribution is -0.131. The van der Waals surface area contributed by atoms with Gasteiger partial charge < -0.3 is 9.80 Å². The fourth-order valence-electron chi connectivity index (χ4n) is 4.27. The number of carbonyl (C=O) groups excluding carboxylic acids is 1. The number of hydrogen-bond acceptors (Lipinski definition) is 2. The summed E-state index contributed by atoms with van der Waals surface area (Å²) in [7, 11) is 0. The SMILES string of the molecule is CCCN(CCC)C(=O)CC1c2ccccc2N(Cc2ccccc2)C1C. The standard InChI is InChI=1S/C24H32N2O/c1-4-15-25(16-5-2)24(27)17-22-19(3)26(18-20-11-7-6-8-12-20)23-14-10-9-13-21(22)23/h6-14,19,22H,4-5,15-18H2,1-3H3. The number of para-hydroxylation sites is 1. The third-order valence-corrected chi connectivity index (χ3v) is 5.65. The molecule has 2 aromatic rings. The second-order valence-corrected chi connectivity index (χ2v) is 7.60. The number of hydrogen-bond donors (Lipinski definition) is 0. The van der Waals surface area contributed by atoms with E-state index < -0.39 is 0 Å². The average molecular weight is 365 g/mol. The zero-order valence-electron chi connectivity index (χ0n) is 16.9. The molecule has 3 nitrogen and oxygen atoms in total. The molecule has 1 amide bonds. The molecule has 0 radical (unpaired) electrons. The first kappa shape index (κ1) is 19.5. The highest BCUT2D eigenvalue weighted by atomic mass is 16.2. The maximum absolute atomic E-state index is 13.0. The average Bonchev–Trinajstić information content (AvgIpc) is 2.94. The van der Waals surface area contributed by atoms with Crippen LogP contribution in [-0.2, 0) is 11.3 Å². The molecule has 2 atom stereocenters. The van der Waals surface area contributed by atoms with Crippen molar-refractivity contribution >= 4 is 11.6 Å². The van der Waals surface area contributed by atoms with Gasteiger partial charge in [-0.2, -0.15) is 0 Å². The molecule has 144 valence electrons. The molecule has 1 aliphatic heterocycles. The van der Waals surface area contributed by atoms with Gasteiger partial charge in [0.05, 0.1) is 0 Å². The van der Waals surface area contributed by atoms with Crippen molar-refractivity contribution in [2.24, 2.45) is 0 Å². The van der Waals surface area contributed by atoms with Crippen LogP contribution in [0.4, 0.5) is 5.69 Å². The van der Waals surface area contributed by atoms with Crippen molar-refractivity contribution in [2.45, 2.75) is 58.5 Å². The number of amides is 1. The third-order valence-electron chi connectivity index (χ3n) is 5.65. The van der Waals surface area contributed by atoms with Gasteiger partial charge in [0.15, 0.2) is 0 Å². The molecule has 3 heteroatoms. The lowest BCUT2D eigenvalue weighted by Gasteiger charge is -2.29. The van der Waals surface area contributed by atoms with Crippen LogP contribution in [0.5, 0.6) is 0 Å². The maximum atomic E-state index is 13.0. The summed E-state index contributed by atoms with van der Waals surface area (Å²) in [6, 6.07) is 19.5. The van der Waals surface area contributed by atoms with Crippen LogP contribution >= 0.6 is 0 Å². The van der Waals surface area contributed by atoms with Crippen LogP contribution in [0.1, 0.15) is 57.1 Å². The number of anilines is 1. The Morgan fingerprint density at radius 1 is 0.963 bits per heavy atom. The molecule has 0 bridgehead atoms. The Kier molecular flexibility index (Phi) is 6.54. The molecule has 0 fully saturated rings. The Labute approximate surface area is 164 Å². The Morgan fingerprint density at radius 2 is 1.59 bits per heavy atom. The zero-order chi connectivity index (χ0) is 19.2. The molecular formula is C24H32N2O. The van der Waals surface area contributed by atoms with E-state index in [4.69, 9.17) is 0 Å². The minimum Gasteiger partial charge on any atom is -0.364 e. The summed E-state index contributed by atoms with van der Waals surface area (Å²) >= 11 is 0. The molecule has 1 aliphatic rings. The fourth-order valence-corrected chi connectivity index (χ4v) is 4.27. The smallest absolute Gasteiger partial charge is 0.223 e. The van der Waals surface area contributed by atoms with E-state index in [1.165, 1.54) is 16.8 Å². The van der Waals surface area contributed by atoms with Crippen LogP contribution in [-0.4, -0.2) is 29.9 Å². The molecular weight excluding hydrogens is 332 g/mol. The largest absolute Gasteiger partial charge is 0.364 e. The van der Waals surface area contributed by atoms with Crippen LogP contribution in [0.3, 0.4) is 0 Å². The van der Waals surface area contributed by atoms with Gasteiger partial charge in [0.1, 0.15) is 0 Å². The normalized spacial score (nSPS) is 18.4. The Morgan fingerprint density at radius 3 is 2.26 bits per heavy atom. The van der Waals surface area contributed by atoms with Gasteiger partial charge in [0.25, 0.3) is 0 Å². The third kappa shape index (κ3) is 4.35. The molecule has 0 saturated carbocycles. The molecule has 0 spiro atoms. The van der Waals surface area contributed by atoms with E-state index in [9.17, 15) is 4.79 Å². The van der Waals surface area contributed by atoms with Gasteiger partial charge in [-0.25, -0.2) is 0 Å². The molecule has 3 rings (SSSR count). The summed E-state index contributed by atoms with van der Waals surface area (Å²) in [6.07, 6.45) is 2.63. The molecule has 2 aromatic carbocycles. The van der Waals surface area contributed by atoms with Crippen LogP contribution < -0.4 is 4.90 Å². The summed E-state index contributed by atoms with van der Waals surface area (Å²) in [5, 5.41) is 0. The van der Waals surface area contributed by atoms with Gasteiger partial charge in [-0.3, -0.25) is 4.79 Å². The summed E-state index contributed by atoms with van der Waals surface area (Å²) in [5.74, 6) is 0.556. The van der Waals surface area contributed by atoms with Crippen molar-refractivity contribution in [3.05, 3.63) is 65.7 Å². The minimum absolute atomic E-state index is 0.258. The van der Waals surface area contributed by atoms with E-state index in [0.717, 1.165) is 32.5 Å². The molecule has 0 aromatic heterocycles. The monoisotopic (exact) mass is 364 g/mol. The predicted molar refractivity (Wildman–Crippen MR) is 113 cm³/mol. The Hall–Kier alpha value is -2.29. The maximum Gasteiger partial charge on any atom is 0.223 e. The van der Waals surface area contributed by atoms with E-state index in [2.05, 4.69) is 85.2 Å². The number of nitrogens with zero attached hydrogens (tertiary/aromatic N) is 2. The second kappa shape index (κ2) is 9.07. The molecule has 2 unspecified atom stereocenters. The van der Waals surface area contributed by atoms with Crippen molar-refractivity contribution < 1.29 is 4.79 Å². The highest BCUT2D eigenvalue weighted by Crippen LogP contribution is 2.43. The predicted octanol–water partition coefficient (Wildman–Crippen LogP) is 5.22. The van der Waals surface area contributed by atoms with Crippen molar-refractivity contribution in [3.8, 4) is 0 Å². The molecule has 0 saturated heterocycles. The Balaban J connectivity index is 1.81. The first-order valence-corrected chi connectivity index (χ1v) is 10.3. The topological polar surface area (TPSA) is 23.6 Å². The van der Waals surface area contributed by atoms with Crippen molar-refractivity contribution in [1.82, 2.24) is 4.90 Å². The van der Waals surface area contributed by atoms with Crippen LogP contribution in [0.25, 0.3) is 0 Å². The second-order valence-electron chi connectivity index (χ2n) is 7.60. The molecule has 1 heterocycles. The van der Waals surface area contributed by atoms with E-state index in [-0.39, 0.29) is 5.92 Å².